The van der Waals surface area contributed by atoms with Crippen LogP contribution in [0.5, 0.6) is 0 Å². The molecule has 0 spiro atoms. The Bertz CT molecular complexity index is 1270. The molecule has 172 valence electrons. The van der Waals surface area contributed by atoms with Gasteiger partial charge in [-0.15, -0.1) is 0 Å². The molecule has 4 aromatic rings. The van der Waals surface area contributed by atoms with Gasteiger partial charge in [-0.05, 0) is 92.0 Å². The summed E-state index contributed by atoms with van der Waals surface area (Å²) < 4.78 is 39.7. The van der Waals surface area contributed by atoms with E-state index in [4.69, 9.17) is 11.6 Å². The van der Waals surface area contributed by atoms with E-state index in [0.717, 1.165) is 73.4 Å². The predicted octanol–water partition coefficient (Wildman–Crippen LogP) is 8.08. The monoisotopic (exact) mass is 471 g/mol. The van der Waals surface area contributed by atoms with Crippen molar-refractivity contribution in [1.29, 1.82) is 0 Å². The first kappa shape index (κ1) is 22.2. The van der Waals surface area contributed by atoms with Crippen LogP contribution in [0.2, 0.25) is 5.02 Å². The lowest BCUT2D eigenvalue weighted by molar-refractivity contribution is -0.137. The van der Waals surface area contributed by atoms with Crippen molar-refractivity contribution in [3.05, 3.63) is 70.6 Å². The highest BCUT2D eigenvalue weighted by Gasteiger charge is 2.31. The number of aryl methyl sites for hydroxylation is 1. The van der Waals surface area contributed by atoms with E-state index in [1.165, 1.54) is 12.1 Å². The van der Waals surface area contributed by atoms with Crippen molar-refractivity contribution < 1.29 is 13.2 Å². The average Bonchev–Trinajstić information content (AvgIpc) is 3.20. The van der Waals surface area contributed by atoms with Gasteiger partial charge < -0.3 is 4.98 Å². The minimum absolute atomic E-state index is 0.287. The van der Waals surface area contributed by atoms with Gasteiger partial charge in [-0.3, -0.25) is 4.98 Å². The normalized spacial score (nSPS) is 19.4. The quantitative estimate of drug-likeness (QED) is 0.319. The molecule has 5 rings (SSSR count). The molecule has 1 aliphatic rings. The molecule has 0 aliphatic heterocycles. The molecule has 1 saturated carbocycles. The average molecular weight is 472 g/mol. The van der Waals surface area contributed by atoms with Crippen LogP contribution in [-0.4, -0.2) is 15.0 Å². The Balaban J connectivity index is 1.20. The number of hydrogen-bond donors (Lipinski definition) is 1. The summed E-state index contributed by atoms with van der Waals surface area (Å²) in [4.78, 5) is 12.3. The molecule has 0 radical (unpaired) electrons. The summed E-state index contributed by atoms with van der Waals surface area (Å²) in [7, 11) is 0. The molecule has 0 unspecified atom stereocenters. The number of aromatic nitrogens is 3. The number of alkyl halides is 3. The van der Waals surface area contributed by atoms with Gasteiger partial charge in [0.1, 0.15) is 5.82 Å². The second-order valence-electron chi connectivity index (χ2n) is 9.08. The lowest BCUT2D eigenvalue weighted by atomic mass is 9.76. The summed E-state index contributed by atoms with van der Waals surface area (Å²) in [5.41, 5.74) is 2.94. The standard InChI is InChI=1S/C26H25ClF3N3/c27-19-9-11-23-24(15-19)33-25(32-23)3-1-2-16-4-6-17(7-5-16)20-12-13-31-22-10-8-18(14-21(20)22)26(28,29)30/h8-17H,1-7H2,(H,32,33). The van der Waals surface area contributed by atoms with Crippen molar-refractivity contribution in [2.24, 2.45) is 5.92 Å². The molecule has 33 heavy (non-hydrogen) atoms. The minimum Gasteiger partial charge on any atom is -0.342 e. The Morgan fingerprint density at radius 1 is 0.970 bits per heavy atom. The van der Waals surface area contributed by atoms with Gasteiger partial charge in [-0.25, -0.2) is 4.98 Å². The van der Waals surface area contributed by atoms with Crippen LogP contribution in [0.15, 0.2) is 48.7 Å². The molecule has 2 aromatic heterocycles. The zero-order valence-electron chi connectivity index (χ0n) is 18.1. The fraction of sp³-hybridized carbons (Fsp3) is 0.385. The number of rotatable bonds is 5. The van der Waals surface area contributed by atoms with Crippen LogP contribution in [0, 0.1) is 5.92 Å². The number of aromatic amines is 1. The van der Waals surface area contributed by atoms with Gasteiger partial charge in [-0.2, -0.15) is 13.2 Å². The van der Waals surface area contributed by atoms with E-state index in [2.05, 4.69) is 15.0 Å². The smallest absolute Gasteiger partial charge is 0.342 e. The van der Waals surface area contributed by atoms with Crippen LogP contribution in [-0.2, 0) is 12.6 Å². The largest absolute Gasteiger partial charge is 0.416 e. The van der Waals surface area contributed by atoms with Crippen molar-refractivity contribution in [1.82, 2.24) is 15.0 Å². The highest BCUT2D eigenvalue weighted by atomic mass is 35.5. The Morgan fingerprint density at radius 3 is 2.55 bits per heavy atom. The van der Waals surface area contributed by atoms with Crippen LogP contribution in [0.1, 0.15) is 61.4 Å². The topological polar surface area (TPSA) is 41.6 Å². The fourth-order valence-corrected chi connectivity index (χ4v) is 5.35. The minimum atomic E-state index is -4.34. The summed E-state index contributed by atoms with van der Waals surface area (Å²) in [5.74, 6) is 1.93. The number of fused-ring (bicyclic) bond motifs is 2. The molecule has 1 fully saturated rings. The van der Waals surface area contributed by atoms with Gasteiger partial charge >= 0.3 is 6.18 Å². The van der Waals surface area contributed by atoms with E-state index in [-0.39, 0.29) is 5.92 Å². The molecule has 2 aromatic carbocycles. The molecule has 2 heterocycles. The molecular formula is C26H25ClF3N3. The second-order valence-corrected chi connectivity index (χ2v) is 9.52. The number of imidazole rings is 1. The summed E-state index contributed by atoms with van der Waals surface area (Å²) in [5, 5.41) is 1.34. The van der Waals surface area contributed by atoms with Crippen LogP contribution in [0.25, 0.3) is 21.9 Å². The highest BCUT2D eigenvalue weighted by Crippen LogP contribution is 2.41. The third kappa shape index (κ3) is 4.86. The van der Waals surface area contributed by atoms with E-state index >= 15 is 0 Å². The first-order valence-electron chi connectivity index (χ1n) is 11.5. The van der Waals surface area contributed by atoms with Crippen LogP contribution in [0.4, 0.5) is 13.2 Å². The molecule has 1 N–H and O–H groups in total. The maximum atomic E-state index is 13.2. The molecular weight excluding hydrogens is 447 g/mol. The Hall–Kier alpha value is -2.60. The summed E-state index contributed by atoms with van der Waals surface area (Å²) in [6.45, 7) is 0. The van der Waals surface area contributed by atoms with Crippen molar-refractivity contribution in [2.45, 2.75) is 57.0 Å². The maximum absolute atomic E-state index is 13.2. The molecule has 0 saturated heterocycles. The van der Waals surface area contributed by atoms with Crippen LogP contribution in [0.3, 0.4) is 0 Å². The second kappa shape index (κ2) is 8.98. The Morgan fingerprint density at radius 2 is 1.76 bits per heavy atom. The van der Waals surface area contributed by atoms with E-state index in [1.54, 1.807) is 6.20 Å². The molecule has 0 atom stereocenters. The van der Waals surface area contributed by atoms with E-state index < -0.39 is 11.7 Å². The predicted molar refractivity (Wildman–Crippen MR) is 125 cm³/mol. The van der Waals surface area contributed by atoms with E-state index in [0.29, 0.717) is 21.8 Å². The molecule has 0 amide bonds. The Kier molecular flexibility index (Phi) is 6.04. The van der Waals surface area contributed by atoms with Crippen LogP contribution < -0.4 is 0 Å². The number of H-pyrrole nitrogens is 1. The fourth-order valence-electron chi connectivity index (χ4n) is 5.17. The van der Waals surface area contributed by atoms with Gasteiger partial charge in [0.15, 0.2) is 0 Å². The van der Waals surface area contributed by atoms with Gasteiger partial charge in [0.25, 0.3) is 0 Å². The third-order valence-electron chi connectivity index (χ3n) is 6.91. The van der Waals surface area contributed by atoms with Crippen molar-refractivity contribution >= 4 is 33.5 Å². The third-order valence-corrected chi connectivity index (χ3v) is 7.14. The van der Waals surface area contributed by atoms with Gasteiger partial charge in [-0.1, -0.05) is 18.0 Å². The van der Waals surface area contributed by atoms with E-state index in [1.807, 2.05) is 24.3 Å². The lowest BCUT2D eigenvalue weighted by Gasteiger charge is -2.29. The Labute approximate surface area is 195 Å². The SMILES string of the molecule is FC(F)(F)c1ccc2nccc(C3CCC(CCCc4nc5ccc(Cl)cc5[nH]4)CC3)c2c1. The number of nitrogens with one attached hydrogen (secondary N) is 1. The number of pyridine rings is 1. The number of nitrogens with zero attached hydrogens (tertiary/aromatic N) is 2. The summed E-state index contributed by atoms with van der Waals surface area (Å²) >= 11 is 6.05. The van der Waals surface area contributed by atoms with Crippen molar-refractivity contribution in [3.63, 3.8) is 0 Å². The van der Waals surface area contributed by atoms with E-state index in [9.17, 15) is 13.2 Å². The number of hydrogen-bond acceptors (Lipinski definition) is 2. The molecule has 7 heteroatoms. The van der Waals surface area contributed by atoms with Crippen molar-refractivity contribution in [3.8, 4) is 0 Å². The number of benzene rings is 2. The first-order valence-corrected chi connectivity index (χ1v) is 11.8. The zero-order chi connectivity index (χ0) is 23.0. The number of halogens is 4. The van der Waals surface area contributed by atoms with Gasteiger partial charge in [0.05, 0.1) is 22.1 Å². The summed E-state index contributed by atoms with van der Waals surface area (Å²) in [6.07, 6.45) is 4.69. The maximum Gasteiger partial charge on any atom is 0.416 e. The van der Waals surface area contributed by atoms with Crippen LogP contribution >= 0.6 is 11.6 Å². The molecule has 1 aliphatic carbocycles. The lowest BCUT2D eigenvalue weighted by Crippen LogP contribution is -2.14. The van der Waals surface area contributed by atoms with Gasteiger partial charge in [0, 0.05) is 23.0 Å². The highest BCUT2D eigenvalue weighted by molar-refractivity contribution is 6.31. The zero-order valence-corrected chi connectivity index (χ0v) is 18.9. The molecule has 0 bridgehead atoms. The first-order chi connectivity index (χ1) is 15.9. The molecule has 3 nitrogen and oxygen atoms in total. The summed E-state index contributed by atoms with van der Waals surface area (Å²) in [6, 6.07) is 11.5. The van der Waals surface area contributed by atoms with Gasteiger partial charge in [0.2, 0.25) is 0 Å². The van der Waals surface area contributed by atoms with Crippen molar-refractivity contribution in [2.75, 3.05) is 0 Å².